The van der Waals surface area contributed by atoms with E-state index in [-0.39, 0.29) is 5.75 Å². The Bertz CT molecular complexity index is 412. The largest absolute Gasteiger partial charge is 0.508 e. The van der Waals surface area contributed by atoms with Gasteiger partial charge >= 0.3 is 0 Å². The van der Waals surface area contributed by atoms with E-state index in [1.165, 1.54) is 17.4 Å². The summed E-state index contributed by atoms with van der Waals surface area (Å²) in [5.74, 6) is 0.179. The van der Waals surface area contributed by atoms with Gasteiger partial charge in [-0.05, 0) is 12.1 Å². The molecule has 13 heavy (non-hydrogen) atoms. The van der Waals surface area contributed by atoms with Crippen LogP contribution < -0.4 is 5.73 Å². The molecule has 0 atom stereocenters. The number of thiazole rings is 1. The first-order valence-corrected chi connectivity index (χ1v) is 4.63. The Morgan fingerprint density at radius 2 is 2.23 bits per heavy atom. The van der Waals surface area contributed by atoms with Gasteiger partial charge < -0.3 is 10.8 Å². The molecule has 0 bridgehead atoms. The SMILES string of the molecule is Nc1cc(O)ccc1-c1nccs1. The van der Waals surface area contributed by atoms with Crippen LogP contribution in [0.2, 0.25) is 0 Å². The van der Waals surface area contributed by atoms with E-state index in [0.717, 1.165) is 10.6 Å². The first-order valence-electron chi connectivity index (χ1n) is 3.76. The van der Waals surface area contributed by atoms with Gasteiger partial charge in [0.25, 0.3) is 0 Å². The fourth-order valence-corrected chi connectivity index (χ4v) is 1.79. The second-order valence-electron chi connectivity index (χ2n) is 2.61. The number of anilines is 1. The Morgan fingerprint density at radius 1 is 1.38 bits per heavy atom. The molecule has 3 nitrogen and oxygen atoms in total. The van der Waals surface area contributed by atoms with Crippen molar-refractivity contribution in [2.45, 2.75) is 0 Å². The minimum atomic E-state index is 0.179. The smallest absolute Gasteiger partial charge is 0.125 e. The van der Waals surface area contributed by atoms with Crippen molar-refractivity contribution >= 4 is 17.0 Å². The highest BCUT2D eigenvalue weighted by Gasteiger charge is 2.04. The standard InChI is InChI=1S/C9H8N2OS/c10-8-5-6(12)1-2-7(8)9-11-3-4-13-9/h1-5,12H,10H2. The number of nitrogen functional groups attached to an aromatic ring is 1. The van der Waals surface area contributed by atoms with Crippen LogP contribution in [-0.2, 0) is 0 Å². The zero-order chi connectivity index (χ0) is 9.26. The molecule has 0 unspecified atom stereocenters. The highest BCUT2D eigenvalue weighted by Crippen LogP contribution is 2.29. The Morgan fingerprint density at radius 3 is 2.85 bits per heavy atom. The summed E-state index contributed by atoms with van der Waals surface area (Å²) >= 11 is 1.52. The molecule has 1 aromatic heterocycles. The van der Waals surface area contributed by atoms with Crippen LogP contribution in [0.15, 0.2) is 29.8 Å². The van der Waals surface area contributed by atoms with Crippen LogP contribution in [0, 0.1) is 0 Å². The molecule has 0 amide bonds. The van der Waals surface area contributed by atoms with E-state index in [2.05, 4.69) is 4.98 Å². The third-order valence-corrected chi connectivity index (χ3v) is 2.50. The van der Waals surface area contributed by atoms with Gasteiger partial charge in [0, 0.05) is 28.9 Å². The van der Waals surface area contributed by atoms with Crippen molar-refractivity contribution in [1.29, 1.82) is 0 Å². The van der Waals surface area contributed by atoms with E-state index in [9.17, 15) is 0 Å². The lowest BCUT2D eigenvalue weighted by molar-refractivity contribution is 0.476. The molecule has 0 radical (unpaired) electrons. The number of benzene rings is 1. The van der Waals surface area contributed by atoms with Gasteiger partial charge in [-0.2, -0.15) is 0 Å². The molecular weight excluding hydrogens is 184 g/mol. The summed E-state index contributed by atoms with van der Waals surface area (Å²) in [7, 11) is 0. The van der Waals surface area contributed by atoms with Gasteiger partial charge in [-0.3, -0.25) is 0 Å². The van der Waals surface area contributed by atoms with Gasteiger partial charge in [-0.25, -0.2) is 4.98 Å². The Labute approximate surface area is 79.5 Å². The van der Waals surface area contributed by atoms with Crippen LogP contribution in [-0.4, -0.2) is 10.1 Å². The lowest BCUT2D eigenvalue weighted by atomic mass is 10.2. The van der Waals surface area contributed by atoms with Crippen molar-refractivity contribution in [2.24, 2.45) is 0 Å². The summed E-state index contributed by atoms with van der Waals surface area (Å²) in [4.78, 5) is 4.13. The quantitative estimate of drug-likeness (QED) is 0.680. The van der Waals surface area contributed by atoms with Crippen LogP contribution in [0.4, 0.5) is 5.69 Å². The number of phenolic OH excluding ortho intramolecular Hbond substituents is 1. The lowest BCUT2D eigenvalue weighted by Crippen LogP contribution is -1.88. The molecule has 1 heterocycles. The summed E-state index contributed by atoms with van der Waals surface area (Å²) in [5.41, 5.74) is 7.14. The second-order valence-corrected chi connectivity index (χ2v) is 3.50. The highest BCUT2D eigenvalue weighted by molar-refractivity contribution is 7.13. The molecule has 0 fully saturated rings. The van der Waals surface area contributed by atoms with Gasteiger partial charge in [0.2, 0.25) is 0 Å². The molecule has 2 aromatic rings. The van der Waals surface area contributed by atoms with Crippen LogP contribution >= 0.6 is 11.3 Å². The van der Waals surface area contributed by atoms with Crippen LogP contribution in [0.1, 0.15) is 0 Å². The summed E-state index contributed by atoms with van der Waals surface area (Å²) in [6, 6.07) is 4.90. The van der Waals surface area contributed by atoms with E-state index in [0.29, 0.717) is 5.69 Å². The first kappa shape index (κ1) is 8.07. The van der Waals surface area contributed by atoms with Crippen molar-refractivity contribution in [3.63, 3.8) is 0 Å². The molecule has 0 aliphatic carbocycles. The zero-order valence-electron chi connectivity index (χ0n) is 6.77. The Hall–Kier alpha value is -1.55. The first-order chi connectivity index (χ1) is 6.27. The molecular formula is C9H8N2OS. The van der Waals surface area contributed by atoms with Crippen LogP contribution in [0.5, 0.6) is 5.75 Å². The maximum Gasteiger partial charge on any atom is 0.125 e. The molecule has 1 aromatic carbocycles. The number of nitrogens with two attached hydrogens (primary N) is 1. The summed E-state index contributed by atoms with van der Waals surface area (Å²) < 4.78 is 0. The van der Waals surface area contributed by atoms with Gasteiger partial charge in [-0.1, -0.05) is 0 Å². The topological polar surface area (TPSA) is 59.1 Å². The van der Waals surface area contributed by atoms with Gasteiger partial charge in [0.15, 0.2) is 0 Å². The molecule has 0 spiro atoms. The molecule has 66 valence electrons. The van der Waals surface area contributed by atoms with Gasteiger partial charge in [-0.15, -0.1) is 11.3 Å². The zero-order valence-corrected chi connectivity index (χ0v) is 7.58. The number of hydrogen-bond acceptors (Lipinski definition) is 4. The molecule has 0 aliphatic rings. The lowest BCUT2D eigenvalue weighted by Gasteiger charge is -2.01. The second kappa shape index (κ2) is 3.06. The third kappa shape index (κ3) is 1.48. The van der Waals surface area contributed by atoms with E-state index >= 15 is 0 Å². The fraction of sp³-hybridized carbons (Fsp3) is 0. The normalized spacial score (nSPS) is 10.2. The van der Waals surface area contributed by atoms with E-state index < -0.39 is 0 Å². The number of phenols is 1. The molecule has 0 aliphatic heterocycles. The average molecular weight is 192 g/mol. The van der Waals surface area contributed by atoms with Crippen molar-refractivity contribution in [3.8, 4) is 16.3 Å². The van der Waals surface area contributed by atoms with Crippen molar-refractivity contribution in [2.75, 3.05) is 5.73 Å². The number of aromatic nitrogens is 1. The minimum Gasteiger partial charge on any atom is -0.508 e. The van der Waals surface area contributed by atoms with E-state index in [1.807, 2.05) is 5.38 Å². The minimum absolute atomic E-state index is 0.179. The number of hydrogen-bond donors (Lipinski definition) is 2. The molecule has 3 N–H and O–H groups in total. The number of aromatic hydroxyl groups is 1. The van der Waals surface area contributed by atoms with Crippen molar-refractivity contribution in [1.82, 2.24) is 4.98 Å². The molecule has 0 saturated heterocycles. The summed E-state index contributed by atoms with van der Waals surface area (Å²) in [6.07, 6.45) is 1.73. The predicted octanol–water partition coefficient (Wildman–Crippen LogP) is 2.10. The van der Waals surface area contributed by atoms with Crippen molar-refractivity contribution in [3.05, 3.63) is 29.8 Å². The highest BCUT2D eigenvalue weighted by atomic mass is 32.1. The van der Waals surface area contributed by atoms with Crippen LogP contribution in [0.25, 0.3) is 10.6 Å². The summed E-state index contributed by atoms with van der Waals surface area (Å²) in [6.45, 7) is 0. The number of rotatable bonds is 1. The average Bonchev–Trinajstić information content (AvgIpc) is 2.56. The van der Waals surface area contributed by atoms with Gasteiger partial charge in [0.05, 0.1) is 0 Å². The fourth-order valence-electron chi connectivity index (χ4n) is 1.10. The number of nitrogens with zero attached hydrogens (tertiary/aromatic N) is 1. The molecule has 4 heteroatoms. The van der Waals surface area contributed by atoms with E-state index in [4.69, 9.17) is 10.8 Å². The predicted molar refractivity (Wildman–Crippen MR) is 53.6 cm³/mol. The van der Waals surface area contributed by atoms with Gasteiger partial charge in [0.1, 0.15) is 10.8 Å². The van der Waals surface area contributed by atoms with E-state index in [1.54, 1.807) is 18.3 Å². The molecule has 2 rings (SSSR count). The Balaban J connectivity index is 2.53. The summed E-state index contributed by atoms with van der Waals surface area (Å²) in [5, 5.41) is 11.9. The maximum atomic E-state index is 9.14. The van der Waals surface area contributed by atoms with Crippen LogP contribution in [0.3, 0.4) is 0 Å². The Kier molecular flexibility index (Phi) is 1.90. The van der Waals surface area contributed by atoms with Crippen molar-refractivity contribution < 1.29 is 5.11 Å². The third-order valence-electron chi connectivity index (χ3n) is 1.70. The monoisotopic (exact) mass is 192 g/mol. The molecule has 0 saturated carbocycles. The maximum absolute atomic E-state index is 9.14.